The van der Waals surface area contributed by atoms with E-state index >= 15 is 0 Å². The molecule has 2 aromatic rings. The van der Waals surface area contributed by atoms with Gasteiger partial charge >= 0.3 is 0 Å². The summed E-state index contributed by atoms with van der Waals surface area (Å²) in [7, 11) is 1.64. The Morgan fingerprint density at radius 3 is 2.94 bits per heavy atom. The maximum Gasteiger partial charge on any atom is 0.196 e. The molecule has 0 bridgehead atoms. The number of benzene rings is 1. The molecule has 17 heavy (non-hydrogen) atoms. The van der Waals surface area contributed by atoms with Crippen LogP contribution in [0.2, 0.25) is 0 Å². The topological polar surface area (TPSA) is 61.3 Å². The zero-order chi connectivity index (χ0) is 12.3. The number of aryl methyl sites for hydroxylation is 1. The Bertz CT molecular complexity index is 506. The normalized spacial score (nSPS) is 10.5. The van der Waals surface area contributed by atoms with Gasteiger partial charge in [0.2, 0.25) is 0 Å². The quantitative estimate of drug-likeness (QED) is 0.877. The van der Waals surface area contributed by atoms with E-state index in [2.05, 4.69) is 4.98 Å². The average Bonchev–Trinajstić information content (AvgIpc) is 2.78. The molecule has 90 valence electrons. The molecule has 0 fully saturated rings. The maximum absolute atomic E-state index is 5.64. The average molecular weight is 232 g/mol. The highest BCUT2D eigenvalue weighted by molar-refractivity contribution is 5.66. The van der Waals surface area contributed by atoms with Crippen molar-refractivity contribution >= 4 is 0 Å². The third-order valence-corrected chi connectivity index (χ3v) is 2.53. The van der Waals surface area contributed by atoms with E-state index in [-0.39, 0.29) is 0 Å². The van der Waals surface area contributed by atoms with Crippen LogP contribution in [-0.2, 0) is 6.42 Å². The molecule has 0 aliphatic rings. The van der Waals surface area contributed by atoms with Crippen LogP contribution >= 0.6 is 0 Å². The Kier molecular flexibility index (Phi) is 3.44. The van der Waals surface area contributed by atoms with Gasteiger partial charge in [0.05, 0.1) is 18.9 Å². The summed E-state index contributed by atoms with van der Waals surface area (Å²) in [6, 6.07) is 5.95. The van der Waals surface area contributed by atoms with Gasteiger partial charge in [-0.15, -0.1) is 0 Å². The number of nitrogens with zero attached hydrogens (tertiary/aromatic N) is 1. The first kappa shape index (κ1) is 11.7. The Hall–Kier alpha value is -1.81. The van der Waals surface area contributed by atoms with E-state index in [4.69, 9.17) is 14.9 Å². The molecule has 2 rings (SSSR count). The Labute approximate surface area is 100 Å². The fourth-order valence-electron chi connectivity index (χ4n) is 1.69. The molecule has 0 unspecified atom stereocenters. The Balaban J connectivity index is 2.40. The fourth-order valence-corrected chi connectivity index (χ4v) is 1.69. The minimum atomic E-state index is 0.533. The second kappa shape index (κ2) is 5.01. The van der Waals surface area contributed by atoms with Crippen molar-refractivity contribution in [3.63, 3.8) is 0 Å². The minimum Gasteiger partial charge on any atom is -0.496 e. The fraction of sp³-hybridized carbons (Fsp3) is 0.308. The minimum absolute atomic E-state index is 0.533. The number of aromatic nitrogens is 1. The zero-order valence-electron chi connectivity index (χ0n) is 10.1. The summed E-state index contributed by atoms with van der Waals surface area (Å²) < 4.78 is 10.9. The number of oxazole rings is 1. The van der Waals surface area contributed by atoms with Gasteiger partial charge in [0.25, 0.3) is 0 Å². The molecule has 2 N–H and O–H groups in total. The first-order valence-corrected chi connectivity index (χ1v) is 5.54. The highest BCUT2D eigenvalue weighted by Crippen LogP contribution is 2.31. The molecule has 0 aliphatic heterocycles. The molecule has 0 radical (unpaired) electrons. The summed E-state index contributed by atoms with van der Waals surface area (Å²) in [5.74, 6) is 2.16. The number of hydrogen-bond acceptors (Lipinski definition) is 4. The Morgan fingerprint density at radius 2 is 2.24 bits per heavy atom. The predicted octanol–water partition coefficient (Wildman–Crippen LogP) is 2.16. The highest BCUT2D eigenvalue weighted by atomic mass is 16.5. The van der Waals surface area contributed by atoms with Gasteiger partial charge in [0, 0.05) is 13.0 Å². The second-order valence-electron chi connectivity index (χ2n) is 3.86. The number of methoxy groups -OCH3 is 1. The van der Waals surface area contributed by atoms with E-state index in [1.165, 1.54) is 0 Å². The maximum atomic E-state index is 5.64. The van der Waals surface area contributed by atoms with E-state index in [0.717, 1.165) is 16.9 Å². The van der Waals surface area contributed by atoms with E-state index in [9.17, 15) is 0 Å². The number of nitrogens with two attached hydrogens (primary N) is 1. The lowest BCUT2D eigenvalue weighted by molar-refractivity contribution is 0.413. The van der Waals surface area contributed by atoms with Gasteiger partial charge in [-0.2, -0.15) is 0 Å². The molecule has 0 aliphatic carbocycles. The van der Waals surface area contributed by atoms with Crippen LogP contribution < -0.4 is 10.5 Å². The van der Waals surface area contributed by atoms with Crippen molar-refractivity contribution < 1.29 is 9.15 Å². The first-order chi connectivity index (χ1) is 8.24. The highest BCUT2D eigenvalue weighted by Gasteiger charge is 2.11. The van der Waals surface area contributed by atoms with Crippen LogP contribution in [0, 0.1) is 6.92 Å². The monoisotopic (exact) mass is 232 g/mol. The third kappa shape index (κ3) is 2.47. The molecular weight excluding hydrogens is 216 g/mol. The number of ether oxygens (including phenoxy) is 1. The van der Waals surface area contributed by atoms with Crippen LogP contribution in [0.4, 0.5) is 0 Å². The van der Waals surface area contributed by atoms with Crippen LogP contribution in [0.1, 0.15) is 11.5 Å². The molecule has 0 spiro atoms. The van der Waals surface area contributed by atoms with Gasteiger partial charge in [0.1, 0.15) is 5.75 Å². The largest absolute Gasteiger partial charge is 0.496 e. The summed E-state index contributed by atoms with van der Waals surface area (Å²) in [6.07, 6.45) is 2.36. The predicted molar refractivity (Wildman–Crippen MR) is 66.0 cm³/mol. The van der Waals surface area contributed by atoms with Crippen LogP contribution in [0.5, 0.6) is 5.75 Å². The third-order valence-electron chi connectivity index (χ3n) is 2.53. The SMILES string of the molecule is COc1ccc(C)cc1-c1cnc(CCN)o1. The van der Waals surface area contributed by atoms with Gasteiger partial charge in [-0.25, -0.2) is 4.98 Å². The van der Waals surface area contributed by atoms with Crippen molar-refractivity contribution in [1.82, 2.24) is 4.98 Å². The van der Waals surface area contributed by atoms with Crippen molar-refractivity contribution in [3.8, 4) is 17.1 Å². The van der Waals surface area contributed by atoms with E-state index in [1.54, 1.807) is 13.3 Å². The van der Waals surface area contributed by atoms with E-state index < -0.39 is 0 Å². The van der Waals surface area contributed by atoms with Crippen LogP contribution in [-0.4, -0.2) is 18.6 Å². The van der Waals surface area contributed by atoms with E-state index in [1.807, 2.05) is 25.1 Å². The molecule has 0 saturated heterocycles. The molecule has 1 aromatic carbocycles. The van der Waals surface area contributed by atoms with Gasteiger partial charge in [0.15, 0.2) is 11.7 Å². The molecule has 0 amide bonds. The lowest BCUT2D eigenvalue weighted by Crippen LogP contribution is -2.02. The van der Waals surface area contributed by atoms with Crippen molar-refractivity contribution in [3.05, 3.63) is 35.9 Å². The number of hydrogen-bond donors (Lipinski definition) is 1. The van der Waals surface area contributed by atoms with E-state index in [0.29, 0.717) is 24.6 Å². The molecule has 4 nitrogen and oxygen atoms in total. The van der Waals surface area contributed by atoms with Gasteiger partial charge in [-0.1, -0.05) is 11.6 Å². The lowest BCUT2D eigenvalue weighted by Gasteiger charge is -2.06. The zero-order valence-corrected chi connectivity index (χ0v) is 10.1. The van der Waals surface area contributed by atoms with Crippen LogP contribution in [0.15, 0.2) is 28.8 Å². The van der Waals surface area contributed by atoms with Crippen molar-refractivity contribution in [2.45, 2.75) is 13.3 Å². The Morgan fingerprint density at radius 1 is 1.41 bits per heavy atom. The summed E-state index contributed by atoms with van der Waals surface area (Å²) in [6.45, 7) is 2.56. The summed E-state index contributed by atoms with van der Waals surface area (Å²) in [4.78, 5) is 4.19. The first-order valence-electron chi connectivity index (χ1n) is 5.54. The lowest BCUT2D eigenvalue weighted by atomic mass is 10.1. The van der Waals surface area contributed by atoms with Crippen molar-refractivity contribution in [1.29, 1.82) is 0 Å². The molecule has 1 aromatic heterocycles. The smallest absolute Gasteiger partial charge is 0.196 e. The van der Waals surface area contributed by atoms with Crippen molar-refractivity contribution in [2.24, 2.45) is 5.73 Å². The summed E-state index contributed by atoms with van der Waals surface area (Å²) in [5, 5.41) is 0. The van der Waals surface area contributed by atoms with Gasteiger partial charge in [-0.05, 0) is 19.1 Å². The standard InChI is InChI=1S/C13H16N2O2/c1-9-3-4-11(16-2)10(7-9)12-8-15-13(17-12)5-6-14/h3-4,7-8H,5-6,14H2,1-2H3. The number of rotatable bonds is 4. The summed E-state index contributed by atoms with van der Waals surface area (Å²) >= 11 is 0. The van der Waals surface area contributed by atoms with Crippen LogP contribution in [0.25, 0.3) is 11.3 Å². The van der Waals surface area contributed by atoms with Crippen molar-refractivity contribution in [2.75, 3.05) is 13.7 Å². The second-order valence-corrected chi connectivity index (χ2v) is 3.86. The van der Waals surface area contributed by atoms with Gasteiger partial charge < -0.3 is 14.9 Å². The molecule has 0 saturated carbocycles. The van der Waals surface area contributed by atoms with Gasteiger partial charge in [-0.3, -0.25) is 0 Å². The molecule has 1 heterocycles. The molecule has 4 heteroatoms. The summed E-state index contributed by atoms with van der Waals surface area (Å²) in [5.41, 5.74) is 7.53. The van der Waals surface area contributed by atoms with Crippen LogP contribution in [0.3, 0.4) is 0 Å². The molecule has 0 atom stereocenters. The molecular formula is C13H16N2O2.